The highest BCUT2D eigenvalue weighted by atomic mass is 16.5. The molecule has 0 rings (SSSR count). The van der Waals surface area contributed by atoms with Crippen molar-refractivity contribution in [2.24, 2.45) is 0 Å². The number of unbranched alkanes of at least 4 members (excludes halogenated alkanes) is 1. The minimum atomic E-state index is -0.374. The van der Waals surface area contributed by atoms with Crippen molar-refractivity contribution < 1.29 is 19.1 Å². The topological polar surface area (TPSA) is 52.6 Å². The highest BCUT2D eigenvalue weighted by Gasteiger charge is 2.02. The van der Waals surface area contributed by atoms with Crippen LogP contribution in [0.1, 0.15) is 33.1 Å². The highest BCUT2D eigenvalue weighted by Crippen LogP contribution is 1.97. The Morgan fingerprint density at radius 2 is 1.67 bits per heavy atom. The van der Waals surface area contributed by atoms with E-state index in [4.69, 9.17) is 9.47 Å². The van der Waals surface area contributed by atoms with Gasteiger partial charge in [-0.15, -0.1) is 0 Å². The van der Waals surface area contributed by atoms with E-state index in [1.165, 1.54) is 0 Å². The van der Waals surface area contributed by atoms with Crippen LogP contribution in [0, 0.1) is 0 Å². The fraction of sp³-hybridized carbons (Fsp3) is 0.636. The molecule has 0 spiro atoms. The van der Waals surface area contributed by atoms with E-state index in [1.54, 1.807) is 13.8 Å². The van der Waals surface area contributed by atoms with Gasteiger partial charge in [0.1, 0.15) is 0 Å². The molecule has 0 aromatic carbocycles. The lowest BCUT2D eigenvalue weighted by atomic mass is 10.3. The third-order valence-corrected chi connectivity index (χ3v) is 1.67. The molecule has 0 atom stereocenters. The molecule has 0 aromatic rings. The van der Waals surface area contributed by atoms with Gasteiger partial charge in [0, 0.05) is 12.0 Å². The predicted molar refractivity (Wildman–Crippen MR) is 56.3 cm³/mol. The number of esters is 2. The fourth-order valence-electron chi connectivity index (χ4n) is 0.780. The molecule has 0 saturated carbocycles. The van der Waals surface area contributed by atoms with E-state index in [1.807, 2.05) is 0 Å². The summed E-state index contributed by atoms with van der Waals surface area (Å²) in [6, 6.07) is 0. The van der Waals surface area contributed by atoms with Crippen LogP contribution >= 0.6 is 0 Å². The summed E-state index contributed by atoms with van der Waals surface area (Å²) in [4.78, 5) is 21.6. The second kappa shape index (κ2) is 8.03. The molecule has 0 aliphatic rings. The van der Waals surface area contributed by atoms with E-state index in [0.717, 1.165) is 0 Å². The SMILES string of the molecule is C=C(C)C(=O)OCCCCOC(=O)CC. The van der Waals surface area contributed by atoms with Crippen LogP contribution in [-0.4, -0.2) is 25.2 Å². The zero-order chi connectivity index (χ0) is 11.7. The smallest absolute Gasteiger partial charge is 0.333 e. The Labute approximate surface area is 90.2 Å². The molecule has 0 aliphatic heterocycles. The van der Waals surface area contributed by atoms with Gasteiger partial charge in [-0.3, -0.25) is 4.79 Å². The van der Waals surface area contributed by atoms with Crippen molar-refractivity contribution in [2.75, 3.05) is 13.2 Å². The standard InChI is InChI=1S/C11H18O4/c1-4-10(12)14-7-5-6-8-15-11(13)9(2)3/h2,4-8H2,1,3H3. The molecule has 0 amide bonds. The Kier molecular flexibility index (Phi) is 7.32. The molecule has 0 aromatic heterocycles. The number of rotatable bonds is 7. The van der Waals surface area contributed by atoms with Crippen molar-refractivity contribution in [2.45, 2.75) is 33.1 Å². The maximum atomic E-state index is 10.9. The van der Waals surface area contributed by atoms with Gasteiger partial charge in [-0.2, -0.15) is 0 Å². The molecule has 0 N–H and O–H groups in total. The van der Waals surface area contributed by atoms with Crippen LogP contribution in [0.15, 0.2) is 12.2 Å². The Morgan fingerprint density at radius 1 is 1.13 bits per heavy atom. The number of carbonyl (C=O) groups excluding carboxylic acids is 2. The molecule has 15 heavy (non-hydrogen) atoms. The molecular weight excluding hydrogens is 196 g/mol. The summed E-state index contributed by atoms with van der Waals surface area (Å²) in [5, 5.41) is 0. The van der Waals surface area contributed by atoms with E-state index in [0.29, 0.717) is 38.0 Å². The van der Waals surface area contributed by atoms with E-state index in [2.05, 4.69) is 6.58 Å². The molecule has 0 radical (unpaired) electrons. The van der Waals surface area contributed by atoms with Crippen molar-refractivity contribution in [3.05, 3.63) is 12.2 Å². The van der Waals surface area contributed by atoms with Gasteiger partial charge in [0.2, 0.25) is 0 Å². The third-order valence-electron chi connectivity index (χ3n) is 1.67. The van der Waals surface area contributed by atoms with Gasteiger partial charge in [-0.25, -0.2) is 4.79 Å². The van der Waals surface area contributed by atoms with Gasteiger partial charge in [-0.05, 0) is 19.8 Å². The van der Waals surface area contributed by atoms with Crippen molar-refractivity contribution >= 4 is 11.9 Å². The lowest BCUT2D eigenvalue weighted by Crippen LogP contribution is -2.08. The van der Waals surface area contributed by atoms with Gasteiger partial charge in [-0.1, -0.05) is 13.5 Å². The first-order valence-electron chi connectivity index (χ1n) is 5.06. The van der Waals surface area contributed by atoms with Gasteiger partial charge in [0.05, 0.1) is 13.2 Å². The van der Waals surface area contributed by atoms with Crippen LogP contribution in [0.3, 0.4) is 0 Å². The normalized spacial score (nSPS) is 9.47. The summed E-state index contributed by atoms with van der Waals surface area (Å²) >= 11 is 0. The van der Waals surface area contributed by atoms with Crippen molar-refractivity contribution in [1.29, 1.82) is 0 Å². The molecular formula is C11H18O4. The Bertz CT molecular complexity index is 233. The predicted octanol–water partition coefficient (Wildman–Crippen LogP) is 1.84. The number of carbonyl (C=O) groups is 2. The zero-order valence-corrected chi connectivity index (χ0v) is 9.38. The molecule has 4 heteroatoms. The summed E-state index contributed by atoms with van der Waals surface area (Å²) < 4.78 is 9.71. The Hall–Kier alpha value is -1.32. The van der Waals surface area contributed by atoms with Crippen molar-refractivity contribution in [3.63, 3.8) is 0 Å². The minimum absolute atomic E-state index is 0.200. The summed E-state index contributed by atoms with van der Waals surface area (Å²) in [6.07, 6.45) is 1.79. The first-order chi connectivity index (χ1) is 7.07. The summed E-state index contributed by atoms with van der Waals surface area (Å²) in [7, 11) is 0. The molecule has 0 bridgehead atoms. The maximum absolute atomic E-state index is 10.9. The van der Waals surface area contributed by atoms with Crippen LogP contribution in [-0.2, 0) is 19.1 Å². The van der Waals surface area contributed by atoms with Crippen LogP contribution in [0.5, 0.6) is 0 Å². The minimum Gasteiger partial charge on any atom is -0.466 e. The molecule has 0 unspecified atom stereocenters. The summed E-state index contributed by atoms with van der Waals surface area (Å²) in [5.74, 6) is -0.575. The molecule has 86 valence electrons. The number of hydrogen-bond acceptors (Lipinski definition) is 4. The van der Waals surface area contributed by atoms with Crippen LogP contribution in [0.25, 0.3) is 0 Å². The number of ether oxygens (including phenoxy) is 2. The Balaban J connectivity index is 3.29. The molecule has 0 saturated heterocycles. The molecule has 4 nitrogen and oxygen atoms in total. The van der Waals surface area contributed by atoms with E-state index < -0.39 is 0 Å². The second-order valence-electron chi connectivity index (χ2n) is 3.20. The van der Waals surface area contributed by atoms with E-state index in [9.17, 15) is 9.59 Å². The highest BCUT2D eigenvalue weighted by molar-refractivity contribution is 5.86. The average Bonchev–Trinajstić information content (AvgIpc) is 2.22. The Morgan fingerprint density at radius 3 is 2.13 bits per heavy atom. The van der Waals surface area contributed by atoms with Gasteiger partial charge in [0.15, 0.2) is 0 Å². The van der Waals surface area contributed by atoms with Crippen LogP contribution in [0.4, 0.5) is 0 Å². The van der Waals surface area contributed by atoms with Crippen LogP contribution < -0.4 is 0 Å². The average molecular weight is 214 g/mol. The lowest BCUT2D eigenvalue weighted by Gasteiger charge is -2.04. The first-order valence-corrected chi connectivity index (χ1v) is 5.06. The van der Waals surface area contributed by atoms with Crippen LogP contribution in [0.2, 0.25) is 0 Å². The molecule has 0 aliphatic carbocycles. The van der Waals surface area contributed by atoms with Gasteiger partial charge < -0.3 is 9.47 Å². The number of hydrogen-bond donors (Lipinski definition) is 0. The van der Waals surface area contributed by atoms with Gasteiger partial charge in [0.25, 0.3) is 0 Å². The molecule has 0 heterocycles. The maximum Gasteiger partial charge on any atom is 0.333 e. The quantitative estimate of drug-likeness (QED) is 0.368. The van der Waals surface area contributed by atoms with Gasteiger partial charge >= 0.3 is 11.9 Å². The third kappa shape index (κ3) is 7.73. The summed E-state index contributed by atoms with van der Waals surface area (Å²) in [6.45, 7) is 7.54. The largest absolute Gasteiger partial charge is 0.466 e. The monoisotopic (exact) mass is 214 g/mol. The molecule has 0 fully saturated rings. The fourth-order valence-corrected chi connectivity index (χ4v) is 0.780. The van der Waals surface area contributed by atoms with E-state index >= 15 is 0 Å². The first kappa shape index (κ1) is 13.7. The van der Waals surface area contributed by atoms with Crippen molar-refractivity contribution in [1.82, 2.24) is 0 Å². The van der Waals surface area contributed by atoms with E-state index in [-0.39, 0.29) is 11.9 Å². The second-order valence-corrected chi connectivity index (χ2v) is 3.20. The summed E-state index contributed by atoms with van der Waals surface area (Å²) in [5.41, 5.74) is 0.396. The lowest BCUT2D eigenvalue weighted by molar-refractivity contribution is -0.144. The zero-order valence-electron chi connectivity index (χ0n) is 9.38. The van der Waals surface area contributed by atoms with Crippen molar-refractivity contribution in [3.8, 4) is 0 Å².